The number of hydrogen-bond donors (Lipinski definition) is 1. The quantitative estimate of drug-likeness (QED) is 0.917. The minimum Gasteiger partial charge on any atom is -0.496 e. The number of aryl methyl sites for hydroxylation is 1. The maximum atomic E-state index is 12.8. The van der Waals surface area contributed by atoms with Gasteiger partial charge in [-0.1, -0.05) is 18.2 Å². The summed E-state index contributed by atoms with van der Waals surface area (Å²) in [7, 11) is 1.58. The number of carbonyl (C=O) groups is 1. The van der Waals surface area contributed by atoms with Crippen LogP contribution in [0.15, 0.2) is 42.5 Å². The van der Waals surface area contributed by atoms with E-state index >= 15 is 0 Å². The second-order valence-corrected chi connectivity index (χ2v) is 4.82. The smallest absolute Gasteiger partial charge is 0.251 e. The lowest BCUT2D eigenvalue weighted by Gasteiger charge is -2.08. The summed E-state index contributed by atoms with van der Waals surface area (Å²) in [5.74, 6) is 0.297. The van der Waals surface area contributed by atoms with Crippen LogP contribution in [0.4, 0.5) is 4.39 Å². The number of methoxy groups -OCH3 is 1. The van der Waals surface area contributed by atoms with E-state index in [2.05, 4.69) is 5.32 Å². The van der Waals surface area contributed by atoms with E-state index in [1.807, 2.05) is 13.0 Å². The van der Waals surface area contributed by atoms with E-state index in [-0.39, 0.29) is 11.7 Å². The molecule has 2 rings (SSSR count). The van der Waals surface area contributed by atoms with Crippen molar-refractivity contribution >= 4 is 5.91 Å². The summed E-state index contributed by atoms with van der Waals surface area (Å²) in [6.45, 7) is 2.43. The number of rotatable bonds is 5. The molecule has 0 unspecified atom stereocenters. The minimum absolute atomic E-state index is 0.143. The highest BCUT2D eigenvalue weighted by molar-refractivity contribution is 5.94. The molecular weight excluding hydrogens is 269 g/mol. The molecule has 0 saturated heterocycles. The van der Waals surface area contributed by atoms with Gasteiger partial charge in [-0.25, -0.2) is 4.39 Å². The van der Waals surface area contributed by atoms with E-state index in [4.69, 9.17) is 4.74 Å². The third kappa shape index (κ3) is 4.05. The van der Waals surface area contributed by atoms with Crippen LogP contribution in [-0.4, -0.2) is 19.6 Å². The van der Waals surface area contributed by atoms with E-state index in [1.54, 1.807) is 31.4 Å². The zero-order valence-electron chi connectivity index (χ0n) is 12.2. The first-order valence-electron chi connectivity index (χ1n) is 6.77. The fraction of sp³-hybridized carbons (Fsp3) is 0.235. The molecule has 1 amide bonds. The van der Waals surface area contributed by atoms with Crippen LogP contribution < -0.4 is 10.1 Å². The molecule has 2 aromatic carbocycles. The van der Waals surface area contributed by atoms with Crippen LogP contribution in [0, 0.1) is 12.7 Å². The molecular formula is C17H18FNO2. The first kappa shape index (κ1) is 15.0. The second kappa shape index (κ2) is 6.88. The van der Waals surface area contributed by atoms with Crippen molar-refractivity contribution in [3.8, 4) is 5.75 Å². The van der Waals surface area contributed by atoms with Gasteiger partial charge in [-0.15, -0.1) is 0 Å². The number of carbonyl (C=O) groups excluding carboxylic acids is 1. The van der Waals surface area contributed by atoms with Crippen molar-refractivity contribution in [3.63, 3.8) is 0 Å². The third-order valence-corrected chi connectivity index (χ3v) is 3.28. The molecule has 0 bridgehead atoms. The third-order valence-electron chi connectivity index (χ3n) is 3.28. The Morgan fingerprint density at radius 2 is 1.90 bits per heavy atom. The summed E-state index contributed by atoms with van der Waals surface area (Å²) in [6.07, 6.45) is 0.662. The summed E-state index contributed by atoms with van der Waals surface area (Å²) < 4.78 is 18.0. The Balaban J connectivity index is 1.91. The van der Waals surface area contributed by atoms with Crippen molar-refractivity contribution in [2.45, 2.75) is 13.3 Å². The maximum absolute atomic E-state index is 12.8. The summed E-state index contributed by atoms with van der Waals surface area (Å²) in [5, 5.41) is 2.84. The highest BCUT2D eigenvalue weighted by Gasteiger charge is 2.08. The Kier molecular flexibility index (Phi) is 4.93. The van der Waals surface area contributed by atoms with Gasteiger partial charge in [0.1, 0.15) is 11.6 Å². The van der Waals surface area contributed by atoms with E-state index in [0.29, 0.717) is 24.3 Å². The minimum atomic E-state index is -0.255. The summed E-state index contributed by atoms with van der Waals surface area (Å²) in [4.78, 5) is 12.0. The Bertz CT molecular complexity index is 623. The molecule has 0 aliphatic rings. The first-order valence-corrected chi connectivity index (χ1v) is 6.77. The Labute approximate surface area is 123 Å². The van der Waals surface area contributed by atoms with E-state index in [1.165, 1.54) is 12.1 Å². The molecule has 1 N–H and O–H groups in total. The van der Waals surface area contributed by atoms with Crippen molar-refractivity contribution in [1.29, 1.82) is 0 Å². The van der Waals surface area contributed by atoms with Gasteiger partial charge in [0.25, 0.3) is 5.91 Å². The number of nitrogens with one attached hydrogen (secondary N) is 1. The molecule has 4 heteroatoms. The van der Waals surface area contributed by atoms with Crippen molar-refractivity contribution < 1.29 is 13.9 Å². The molecule has 110 valence electrons. The second-order valence-electron chi connectivity index (χ2n) is 4.82. The highest BCUT2D eigenvalue weighted by atomic mass is 19.1. The molecule has 0 aliphatic carbocycles. The normalized spacial score (nSPS) is 10.2. The van der Waals surface area contributed by atoms with Crippen molar-refractivity contribution in [3.05, 3.63) is 65.0 Å². The first-order chi connectivity index (χ1) is 10.1. The van der Waals surface area contributed by atoms with Gasteiger partial charge in [0.05, 0.1) is 7.11 Å². The predicted molar refractivity (Wildman–Crippen MR) is 80.2 cm³/mol. The largest absolute Gasteiger partial charge is 0.496 e. The van der Waals surface area contributed by atoms with E-state index < -0.39 is 0 Å². The van der Waals surface area contributed by atoms with Gasteiger partial charge in [0, 0.05) is 12.1 Å². The average Bonchev–Trinajstić information content (AvgIpc) is 2.49. The summed E-state index contributed by atoms with van der Waals surface area (Å²) in [5.41, 5.74) is 2.54. The lowest BCUT2D eigenvalue weighted by Crippen LogP contribution is -2.25. The maximum Gasteiger partial charge on any atom is 0.251 e. The Morgan fingerprint density at radius 1 is 1.19 bits per heavy atom. The number of ether oxygens (including phenoxy) is 1. The molecule has 3 nitrogen and oxygen atoms in total. The molecule has 21 heavy (non-hydrogen) atoms. The van der Waals surface area contributed by atoms with Crippen molar-refractivity contribution in [1.82, 2.24) is 5.32 Å². The van der Waals surface area contributed by atoms with Gasteiger partial charge in [-0.3, -0.25) is 4.79 Å². The van der Waals surface area contributed by atoms with Gasteiger partial charge < -0.3 is 10.1 Å². The Morgan fingerprint density at radius 3 is 2.57 bits per heavy atom. The van der Waals surface area contributed by atoms with Crippen LogP contribution in [0.2, 0.25) is 0 Å². The Hall–Kier alpha value is -2.36. The highest BCUT2D eigenvalue weighted by Crippen LogP contribution is 2.18. The van der Waals surface area contributed by atoms with Gasteiger partial charge in [-0.05, 0) is 48.7 Å². The fourth-order valence-electron chi connectivity index (χ4n) is 2.03. The molecule has 0 aliphatic heterocycles. The fourth-order valence-corrected chi connectivity index (χ4v) is 2.03. The molecule has 2 aromatic rings. The van der Waals surface area contributed by atoms with Crippen LogP contribution in [-0.2, 0) is 6.42 Å². The summed E-state index contributed by atoms with van der Waals surface area (Å²) in [6, 6.07) is 11.6. The van der Waals surface area contributed by atoms with Gasteiger partial charge in [-0.2, -0.15) is 0 Å². The van der Waals surface area contributed by atoms with Gasteiger partial charge >= 0.3 is 0 Å². The van der Waals surface area contributed by atoms with Crippen LogP contribution in [0.5, 0.6) is 5.75 Å². The number of benzene rings is 2. The standard InChI is InChI=1S/C17H18FNO2/c1-12-3-6-14(11-16(12)21-2)17(20)19-10-9-13-4-7-15(18)8-5-13/h3-8,11H,9-10H2,1-2H3,(H,19,20). The van der Waals surface area contributed by atoms with Crippen LogP contribution in [0.3, 0.4) is 0 Å². The lowest BCUT2D eigenvalue weighted by molar-refractivity contribution is 0.0954. The molecule has 0 aromatic heterocycles. The summed E-state index contributed by atoms with van der Waals surface area (Å²) >= 11 is 0. The van der Waals surface area contributed by atoms with E-state index in [9.17, 15) is 9.18 Å². The number of halogens is 1. The monoisotopic (exact) mass is 287 g/mol. The van der Waals surface area contributed by atoms with Crippen LogP contribution in [0.1, 0.15) is 21.5 Å². The van der Waals surface area contributed by atoms with E-state index in [0.717, 1.165) is 11.1 Å². The number of amides is 1. The molecule has 0 fully saturated rings. The molecule has 0 heterocycles. The molecule has 0 atom stereocenters. The average molecular weight is 287 g/mol. The molecule has 0 radical (unpaired) electrons. The predicted octanol–water partition coefficient (Wildman–Crippen LogP) is 3.12. The molecule has 0 spiro atoms. The molecule has 0 saturated carbocycles. The zero-order chi connectivity index (χ0) is 15.2. The topological polar surface area (TPSA) is 38.3 Å². The van der Waals surface area contributed by atoms with Gasteiger partial charge in [0.15, 0.2) is 0 Å². The van der Waals surface area contributed by atoms with Crippen LogP contribution >= 0.6 is 0 Å². The van der Waals surface area contributed by atoms with Crippen molar-refractivity contribution in [2.24, 2.45) is 0 Å². The van der Waals surface area contributed by atoms with Crippen LogP contribution in [0.25, 0.3) is 0 Å². The zero-order valence-corrected chi connectivity index (χ0v) is 12.2. The SMILES string of the molecule is COc1cc(C(=O)NCCc2ccc(F)cc2)ccc1C. The lowest BCUT2D eigenvalue weighted by atomic mass is 10.1. The van der Waals surface area contributed by atoms with Crippen molar-refractivity contribution in [2.75, 3.05) is 13.7 Å². The van der Waals surface area contributed by atoms with Gasteiger partial charge in [0.2, 0.25) is 0 Å². The number of hydrogen-bond acceptors (Lipinski definition) is 2.